The van der Waals surface area contributed by atoms with Crippen LogP contribution >= 0.6 is 0 Å². The number of aliphatic carboxylic acids is 1. The van der Waals surface area contributed by atoms with E-state index in [4.69, 9.17) is 5.11 Å². The molecular weight excluding hydrogens is 351 g/mol. The Morgan fingerprint density at radius 2 is 1.75 bits per heavy atom. The van der Waals surface area contributed by atoms with Crippen LogP contribution in [0.25, 0.3) is 0 Å². The van der Waals surface area contributed by atoms with Gasteiger partial charge in [-0.05, 0) is 30.7 Å². The van der Waals surface area contributed by atoms with Crippen LogP contribution in [0.5, 0.6) is 0 Å². The molecule has 0 aliphatic rings. The summed E-state index contributed by atoms with van der Waals surface area (Å²) < 4.78 is 60.1. The molecule has 0 bridgehead atoms. The van der Waals surface area contributed by atoms with Gasteiger partial charge in [-0.3, -0.25) is 4.79 Å². The van der Waals surface area contributed by atoms with Gasteiger partial charge in [-0.1, -0.05) is 6.92 Å². The number of hydrogen-bond acceptors (Lipinski definition) is 4. The summed E-state index contributed by atoms with van der Waals surface area (Å²) in [4.78, 5) is 23.0. The first kappa shape index (κ1) is 19.9. The molecule has 0 saturated heterocycles. The van der Waals surface area contributed by atoms with Crippen molar-refractivity contribution in [3.8, 4) is 0 Å². The zero-order valence-corrected chi connectivity index (χ0v) is 13.4. The van der Waals surface area contributed by atoms with Crippen LogP contribution in [0.3, 0.4) is 0 Å². The summed E-state index contributed by atoms with van der Waals surface area (Å²) in [5.41, 5.74) is -1.10. The molecule has 134 valence electrons. The number of alkyl halides is 3. The summed E-state index contributed by atoms with van der Waals surface area (Å²) in [5, 5.41) is 11.1. The molecule has 1 amide bonds. The lowest BCUT2D eigenvalue weighted by atomic mass is 10.1. The number of sulfone groups is 1. The molecular formula is C14H16F3NO5S. The van der Waals surface area contributed by atoms with Gasteiger partial charge in [-0.15, -0.1) is 0 Å². The van der Waals surface area contributed by atoms with Gasteiger partial charge in [0, 0.05) is 11.3 Å². The number of nitrogens with one attached hydrogen (secondary N) is 1. The van der Waals surface area contributed by atoms with Crippen molar-refractivity contribution in [2.45, 2.75) is 25.6 Å². The van der Waals surface area contributed by atoms with E-state index in [1.165, 1.54) is 6.92 Å². The number of carboxylic acids is 1. The summed E-state index contributed by atoms with van der Waals surface area (Å²) in [5.74, 6) is -2.91. The first-order valence-electron chi connectivity index (χ1n) is 6.87. The highest BCUT2D eigenvalue weighted by molar-refractivity contribution is 7.91. The summed E-state index contributed by atoms with van der Waals surface area (Å²) in [6.07, 6.45) is -4.88. The lowest BCUT2D eigenvalue weighted by molar-refractivity contribution is -0.139. The van der Waals surface area contributed by atoms with Crippen molar-refractivity contribution in [2.75, 3.05) is 11.5 Å². The van der Waals surface area contributed by atoms with Crippen LogP contribution < -0.4 is 5.32 Å². The molecule has 1 rings (SSSR count). The van der Waals surface area contributed by atoms with Crippen LogP contribution in [0.1, 0.15) is 29.3 Å². The third-order valence-corrected chi connectivity index (χ3v) is 4.97. The Balaban J connectivity index is 2.80. The maximum atomic E-state index is 12.4. The standard InChI is InChI=1S/C14H16F3NO5S/c1-2-24(22,23)8-7-11(13(20)21)18-12(19)9-3-5-10(6-4-9)14(15,16)17/h3-6,11H,2,7-8H2,1H3,(H,18,19)(H,20,21). The third kappa shape index (κ3) is 5.84. The largest absolute Gasteiger partial charge is 0.480 e. The summed E-state index contributed by atoms with van der Waals surface area (Å²) in [7, 11) is -3.41. The van der Waals surface area contributed by atoms with Crippen molar-refractivity contribution in [3.63, 3.8) is 0 Å². The van der Waals surface area contributed by atoms with E-state index in [0.29, 0.717) is 12.1 Å². The second-order valence-electron chi connectivity index (χ2n) is 4.96. The van der Waals surface area contributed by atoms with Gasteiger partial charge in [-0.25, -0.2) is 13.2 Å². The minimum Gasteiger partial charge on any atom is -0.480 e. The molecule has 0 aromatic heterocycles. The fourth-order valence-corrected chi connectivity index (χ4v) is 2.63. The molecule has 2 N–H and O–H groups in total. The highest BCUT2D eigenvalue weighted by Gasteiger charge is 2.30. The van der Waals surface area contributed by atoms with E-state index in [2.05, 4.69) is 5.32 Å². The fraction of sp³-hybridized carbons (Fsp3) is 0.429. The Kier molecular flexibility index (Phi) is 6.35. The second kappa shape index (κ2) is 7.65. The highest BCUT2D eigenvalue weighted by Crippen LogP contribution is 2.29. The van der Waals surface area contributed by atoms with Crippen molar-refractivity contribution < 1.29 is 36.3 Å². The van der Waals surface area contributed by atoms with Gasteiger partial charge in [0.25, 0.3) is 5.91 Å². The van der Waals surface area contributed by atoms with Crippen molar-refractivity contribution in [1.82, 2.24) is 5.32 Å². The number of amides is 1. The number of carbonyl (C=O) groups is 2. The Morgan fingerprint density at radius 3 is 2.17 bits per heavy atom. The zero-order valence-electron chi connectivity index (χ0n) is 12.6. The van der Waals surface area contributed by atoms with Gasteiger partial charge in [0.05, 0.1) is 11.3 Å². The van der Waals surface area contributed by atoms with Crippen molar-refractivity contribution >= 4 is 21.7 Å². The lowest BCUT2D eigenvalue weighted by Gasteiger charge is -2.15. The van der Waals surface area contributed by atoms with Crippen LogP contribution in [0.15, 0.2) is 24.3 Å². The average Bonchev–Trinajstić information content (AvgIpc) is 2.50. The van der Waals surface area contributed by atoms with Gasteiger partial charge in [0.2, 0.25) is 0 Å². The van der Waals surface area contributed by atoms with Gasteiger partial charge >= 0.3 is 12.1 Å². The summed E-state index contributed by atoms with van der Waals surface area (Å²) >= 11 is 0. The van der Waals surface area contributed by atoms with Crippen LogP contribution in [-0.4, -0.2) is 42.9 Å². The minimum atomic E-state index is -4.55. The number of carbonyl (C=O) groups excluding carboxylic acids is 1. The zero-order chi connectivity index (χ0) is 18.5. The number of carboxylic acid groups (broad SMARTS) is 1. The smallest absolute Gasteiger partial charge is 0.416 e. The predicted octanol–water partition coefficient (Wildman–Crippen LogP) is 1.71. The molecule has 6 nitrogen and oxygen atoms in total. The molecule has 0 heterocycles. The van der Waals surface area contributed by atoms with Crippen LogP contribution in [0.2, 0.25) is 0 Å². The van der Waals surface area contributed by atoms with Crippen molar-refractivity contribution in [2.24, 2.45) is 0 Å². The summed E-state index contributed by atoms with van der Waals surface area (Å²) in [6.45, 7) is 1.41. The number of hydrogen-bond donors (Lipinski definition) is 2. The van der Waals surface area contributed by atoms with E-state index in [1.807, 2.05) is 0 Å². The molecule has 1 atom stereocenters. The monoisotopic (exact) mass is 367 g/mol. The molecule has 0 aliphatic carbocycles. The first-order valence-corrected chi connectivity index (χ1v) is 8.69. The number of rotatable bonds is 7. The predicted molar refractivity (Wildman–Crippen MR) is 79.3 cm³/mol. The Hall–Kier alpha value is -2.10. The SMILES string of the molecule is CCS(=O)(=O)CCC(NC(=O)c1ccc(C(F)(F)F)cc1)C(=O)O. The van der Waals surface area contributed by atoms with Crippen molar-refractivity contribution in [1.29, 1.82) is 0 Å². The molecule has 10 heteroatoms. The summed E-state index contributed by atoms with van der Waals surface area (Å²) in [6, 6.07) is 1.78. The minimum absolute atomic E-state index is 0.160. The Bertz CT molecular complexity index is 698. The van der Waals surface area contributed by atoms with Crippen LogP contribution in [0.4, 0.5) is 13.2 Å². The maximum absolute atomic E-state index is 12.4. The molecule has 1 aromatic carbocycles. The van der Waals surface area contributed by atoms with E-state index < -0.39 is 45.2 Å². The Morgan fingerprint density at radius 1 is 1.21 bits per heavy atom. The van der Waals surface area contributed by atoms with Gasteiger partial charge < -0.3 is 10.4 Å². The van der Waals surface area contributed by atoms with E-state index in [-0.39, 0.29) is 17.7 Å². The molecule has 0 aliphatic heterocycles. The van der Waals surface area contributed by atoms with E-state index >= 15 is 0 Å². The quantitative estimate of drug-likeness (QED) is 0.764. The number of benzene rings is 1. The first-order chi connectivity index (χ1) is 11.0. The average molecular weight is 367 g/mol. The van der Waals surface area contributed by atoms with E-state index in [0.717, 1.165) is 12.1 Å². The van der Waals surface area contributed by atoms with E-state index in [1.54, 1.807) is 0 Å². The van der Waals surface area contributed by atoms with Gasteiger partial charge in [-0.2, -0.15) is 13.2 Å². The fourth-order valence-electron chi connectivity index (χ4n) is 1.75. The van der Waals surface area contributed by atoms with Crippen LogP contribution in [-0.2, 0) is 20.8 Å². The Labute approximate surface area is 136 Å². The lowest BCUT2D eigenvalue weighted by Crippen LogP contribution is -2.42. The molecule has 0 fully saturated rings. The van der Waals surface area contributed by atoms with E-state index in [9.17, 15) is 31.2 Å². The molecule has 0 saturated carbocycles. The highest BCUT2D eigenvalue weighted by atomic mass is 32.2. The van der Waals surface area contributed by atoms with Gasteiger partial charge in [0.1, 0.15) is 15.9 Å². The molecule has 1 unspecified atom stereocenters. The molecule has 0 spiro atoms. The second-order valence-corrected chi connectivity index (χ2v) is 7.44. The molecule has 24 heavy (non-hydrogen) atoms. The molecule has 0 radical (unpaired) electrons. The number of halogens is 3. The molecule has 1 aromatic rings. The van der Waals surface area contributed by atoms with Gasteiger partial charge in [0.15, 0.2) is 0 Å². The normalized spacial score (nSPS) is 13.3. The van der Waals surface area contributed by atoms with Crippen molar-refractivity contribution in [3.05, 3.63) is 35.4 Å². The third-order valence-electron chi connectivity index (χ3n) is 3.24. The topological polar surface area (TPSA) is 101 Å². The maximum Gasteiger partial charge on any atom is 0.416 e. The van der Waals surface area contributed by atoms with Crippen LogP contribution in [0, 0.1) is 0 Å².